The van der Waals surface area contributed by atoms with Crippen molar-refractivity contribution in [3.05, 3.63) is 65.5 Å². The molecule has 0 unspecified atom stereocenters. The Morgan fingerprint density at radius 1 is 1.16 bits per heavy atom. The summed E-state index contributed by atoms with van der Waals surface area (Å²) in [6.45, 7) is 3.30. The number of ether oxygens (including phenoxy) is 1. The Balaban J connectivity index is 1.67. The summed E-state index contributed by atoms with van der Waals surface area (Å²) in [5.41, 5.74) is 3.22. The first-order chi connectivity index (χ1) is 12.2. The minimum absolute atomic E-state index is 0.0269. The van der Waals surface area contributed by atoms with Crippen LogP contribution >= 0.6 is 0 Å². The van der Waals surface area contributed by atoms with Gasteiger partial charge < -0.3 is 9.64 Å². The Labute approximate surface area is 149 Å². The van der Waals surface area contributed by atoms with Crippen LogP contribution in [0.5, 0.6) is 0 Å². The fourth-order valence-corrected chi connectivity index (χ4v) is 3.29. The average molecular weight is 338 g/mol. The number of amides is 1. The lowest BCUT2D eigenvalue weighted by Gasteiger charge is -2.23. The first-order valence-corrected chi connectivity index (χ1v) is 9.05. The van der Waals surface area contributed by atoms with E-state index in [4.69, 9.17) is 4.74 Å². The van der Waals surface area contributed by atoms with Gasteiger partial charge in [-0.15, -0.1) is 0 Å². The van der Waals surface area contributed by atoms with Gasteiger partial charge >= 0.3 is 0 Å². The highest BCUT2D eigenvalue weighted by Crippen LogP contribution is 2.21. The molecule has 0 aliphatic heterocycles. The lowest BCUT2D eigenvalue weighted by Crippen LogP contribution is -2.34. The molecular weight excluding hydrogens is 312 g/mol. The molecule has 1 heterocycles. The summed E-state index contributed by atoms with van der Waals surface area (Å²) in [6, 6.07) is 14.1. The first-order valence-electron chi connectivity index (χ1n) is 9.05. The third-order valence-corrected chi connectivity index (χ3v) is 4.63. The fraction of sp³-hybridized carbons (Fsp3) is 0.429. The lowest BCUT2D eigenvalue weighted by molar-refractivity contribution is -0.139. The highest BCUT2D eigenvalue weighted by molar-refractivity contribution is 5.77. The van der Waals surface area contributed by atoms with Crippen LogP contribution in [-0.2, 0) is 22.6 Å². The molecule has 3 rings (SSSR count). The number of pyridine rings is 1. The molecule has 25 heavy (non-hydrogen) atoms. The summed E-state index contributed by atoms with van der Waals surface area (Å²) in [5.74, 6) is 0.0269. The van der Waals surface area contributed by atoms with Crippen molar-refractivity contribution in [2.45, 2.75) is 51.8 Å². The van der Waals surface area contributed by atoms with Crippen LogP contribution in [0, 0.1) is 6.92 Å². The van der Waals surface area contributed by atoms with Crippen LogP contribution in [0.25, 0.3) is 0 Å². The van der Waals surface area contributed by atoms with Gasteiger partial charge in [0.1, 0.15) is 6.61 Å². The number of hydrogen-bond acceptors (Lipinski definition) is 3. The molecule has 1 fully saturated rings. The summed E-state index contributed by atoms with van der Waals surface area (Å²) in [5, 5.41) is 0. The van der Waals surface area contributed by atoms with Crippen LogP contribution in [0.4, 0.5) is 0 Å². The van der Waals surface area contributed by atoms with E-state index in [0.29, 0.717) is 13.1 Å². The maximum absolute atomic E-state index is 12.8. The number of aryl methyl sites for hydroxylation is 1. The second-order valence-electron chi connectivity index (χ2n) is 6.78. The summed E-state index contributed by atoms with van der Waals surface area (Å²) >= 11 is 0. The zero-order valence-corrected chi connectivity index (χ0v) is 14.9. The second-order valence-corrected chi connectivity index (χ2v) is 6.78. The molecule has 0 radical (unpaired) electrons. The van der Waals surface area contributed by atoms with E-state index in [9.17, 15) is 4.79 Å². The number of rotatable bonds is 7. The Kier molecular flexibility index (Phi) is 6.18. The van der Waals surface area contributed by atoms with Crippen molar-refractivity contribution in [2.24, 2.45) is 0 Å². The summed E-state index contributed by atoms with van der Waals surface area (Å²) in [4.78, 5) is 19.0. The average Bonchev–Trinajstić information content (AvgIpc) is 3.14. The highest BCUT2D eigenvalue weighted by Gasteiger charge is 2.20. The largest absolute Gasteiger partial charge is 0.368 e. The van der Waals surface area contributed by atoms with E-state index in [1.807, 2.05) is 29.2 Å². The number of hydrogen-bond donors (Lipinski definition) is 0. The molecule has 4 heteroatoms. The number of nitrogens with zero attached hydrogens (tertiary/aromatic N) is 2. The molecule has 4 nitrogen and oxygen atoms in total. The first kappa shape index (κ1) is 17.6. The maximum Gasteiger partial charge on any atom is 0.249 e. The molecule has 1 amide bonds. The molecule has 0 saturated heterocycles. The third kappa shape index (κ3) is 5.40. The van der Waals surface area contributed by atoms with Crippen LogP contribution in [0.3, 0.4) is 0 Å². The van der Waals surface area contributed by atoms with E-state index < -0.39 is 0 Å². The highest BCUT2D eigenvalue weighted by atomic mass is 16.5. The molecular formula is C21H26N2O2. The van der Waals surface area contributed by atoms with Gasteiger partial charge in [-0.25, -0.2) is 0 Å². The van der Waals surface area contributed by atoms with Crippen molar-refractivity contribution in [3.8, 4) is 0 Å². The molecule has 2 aromatic rings. The van der Waals surface area contributed by atoms with Crippen molar-refractivity contribution in [1.82, 2.24) is 9.88 Å². The third-order valence-electron chi connectivity index (χ3n) is 4.63. The number of carbonyl (C=O) groups is 1. The molecule has 0 atom stereocenters. The van der Waals surface area contributed by atoms with Crippen molar-refractivity contribution in [3.63, 3.8) is 0 Å². The van der Waals surface area contributed by atoms with E-state index in [1.54, 1.807) is 6.20 Å². The van der Waals surface area contributed by atoms with Crippen LogP contribution < -0.4 is 0 Å². The van der Waals surface area contributed by atoms with E-state index in [-0.39, 0.29) is 18.6 Å². The van der Waals surface area contributed by atoms with Crippen LogP contribution in [0.15, 0.2) is 48.7 Å². The maximum atomic E-state index is 12.8. The molecule has 0 bridgehead atoms. The van der Waals surface area contributed by atoms with Gasteiger partial charge in [-0.3, -0.25) is 9.78 Å². The van der Waals surface area contributed by atoms with Gasteiger partial charge in [-0.05, 0) is 37.5 Å². The zero-order valence-electron chi connectivity index (χ0n) is 14.9. The topological polar surface area (TPSA) is 42.4 Å². The molecule has 1 aromatic carbocycles. The van der Waals surface area contributed by atoms with Crippen LogP contribution in [0.1, 0.15) is 42.5 Å². The monoisotopic (exact) mass is 338 g/mol. The minimum Gasteiger partial charge on any atom is -0.368 e. The van der Waals surface area contributed by atoms with Crippen molar-refractivity contribution >= 4 is 5.91 Å². The zero-order chi connectivity index (χ0) is 17.5. The van der Waals surface area contributed by atoms with Gasteiger partial charge in [0.25, 0.3) is 0 Å². The Bertz CT molecular complexity index is 681. The van der Waals surface area contributed by atoms with Gasteiger partial charge in [-0.2, -0.15) is 0 Å². The Morgan fingerprint density at radius 2 is 2.00 bits per heavy atom. The van der Waals surface area contributed by atoms with E-state index in [2.05, 4.69) is 30.1 Å². The Morgan fingerprint density at radius 3 is 2.72 bits per heavy atom. The molecule has 1 aliphatic carbocycles. The van der Waals surface area contributed by atoms with Crippen molar-refractivity contribution in [2.75, 3.05) is 6.61 Å². The quantitative estimate of drug-likeness (QED) is 0.769. The van der Waals surface area contributed by atoms with E-state index in [0.717, 1.165) is 24.1 Å². The number of benzene rings is 1. The molecule has 1 aromatic heterocycles. The van der Waals surface area contributed by atoms with E-state index in [1.165, 1.54) is 18.4 Å². The molecule has 1 saturated carbocycles. The SMILES string of the molecule is Cc1cccc(CN(Cc2ccccn2)C(=O)COC2CCCC2)c1. The van der Waals surface area contributed by atoms with Gasteiger partial charge in [0.15, 0.2) is 0 Å². The number of aromatic nitrogens is 1. The fourth-order valence-electron chi connectivity index (χ4n) is 3.29. The van der Waals surface area contributed by atoms with Gasteiger partial charge in [0, 0.05) is 12.7 Å². The van der Waals surface area contributed by atoms with Crippen molar-refractivity contribution in [1.29, 1.82) is 0 Å². The smallest absolute Gasteiger partial charge is 0.249 e. The minimum atomic E-state index is 0.0269. The summed E-state index contributed by atoms with van der Waals surface area (Å²) < 4.78 is 5.83. The normalized spacial score (nSPS) is 14.6. The van der Waals surface area contributed by atoms with Gasteiger partial charge in [-0.1, -0.05) is 48.7 Å². The Hall–Kier alpha value is -2.20. The van der Waals surface area contributed by atoms with Crippen LogP contribution in [-0.4, -0.2) is 28.5 Å². The van der Waals surface area contributed by atoms with Gasteiger partial charge in [0.2, 0.25) is 5.91 Å². The summed E-state index contributed by atoms with van der Waals surface area (Å²) in [6.07, 6.45) is 6.58. The predicted octanol–water partition coefficient (Wildman–Crippen LogP) is 3.88. The van der Waals surface area contributed by atoms with Gasteiger partial charge in [0.05, 0.1) is 18.3 Å². The standard InChI is InChI=1S/C21H26N2O2/c1-17-7-6-8-18(13-17)14-23(15-19-9-4-5-12-22-19)21(24)16-25-20-10-2-3-11-20/h4-9,12-13,20H,2-3,10-11,14-16H2,1H3. The predicted molar refractivity (Wildman–Crippen MR) is 97.9 cm³/mol. The lowest BCUT2D eigenvalue weighted by atomic mass is 10.1. The van der Waals surface area contributed by atoms with Crippen LogP contribution in [0.2, 0.25) is 0 Å². The number of carbonyl (C=O) groups excluding carboxylic acids is 1. The molecule has 132 valence electrons. The molecule has 0 spiro atoms. The van der Waals surface area contributed by atoms with E-state index >= 15 is 0 Å². The summed E-state index contributed by atoms with van der Waals surface area (Å²) in [7, 11) is 0. The second kappa shape index (κ2) is 8.77. The molecule has 1 aliphatic rings. The van der Waals surface area contributed by atoms with Crippen molar-refractivity contribution < 1.29 is 9.53 Å². The molecule has 0 N–H and O–H groups in total.